The van der Waals surface area contributed by atoms with Gasteiger partial charge in [-0.2, -0.15) is 0 Å². The van der Waals surface area contributed by atoms with Crippen LogP contribution in [0.1, 0.15) is 88.2 Å². The van der Waals surface area contributed by atoms with Crippen LogP contribution in [0.5, 0.6) is 5.75 Å². The lowest BCUT2D eigenvalue weighted by atomic mass is 9.55. The molecule has 0 bridgehead atoms. The maximum Gasteiger partial charge on any atom is 0.308 e. The lowest BCUT2D eigenvalue weighted by Crippen LogP contribution is -2.41. The third-order valence-corrected chi connectivity index (χ3v) is 5.96. The topological polar surface area (TPSA) is 43.4 Å². The van der Waals surface area contributed by atoms with Crippen LogP contribution in [0.25, 0.3) is 0 Å². The third kappa shape index (κ3) is 2.84. The van der Waals surface area contributed by atoms with Gasteiger partial charge in [-0.1, -0.05) is 46.6 Å². The highest BCUT2D eigenvalue weighted by molar-refractivity contribution is 6.08. The number of ether oxygens (including phenoxy) is 1. The number of esters is 1. The van der Waals surface area contributed by atoms with Crippen molar-refractivity contribution in [2.45, 2.75) is 72.1 Å². The predicted molar refractivity (Wildman–Crippen MR) is 99.2 cm³/mol. The highest BCUT2D eigenvalue weighted by atomic mass is 16.5. The van der Waals surface area contributed by atoms with Crippen LogP contribution in [0.15, 0.2) is 23.8 Å². The molecule has 134 valence electrons. The maximum atomic E-state index is 12.9. The van der Waals surface area contributed by atoms with E-state index < -0.39 is 0 Å². The van der Waals surface area contributed by atoms with Crippen LogP contribution in [0, 0.1) is 5.41 Å². The first-order chi connectivity index (χ1) is 11.6. The van der Waals surface area contributed by atoms with E-state index in [1.165, 1.54) is 12.5 Å². The van der Waals surface area contributed by atoms with Gasteiger partial charge >= 0.3 is 5.97 Å². The molecule has 0 amide bonds. The minimum atomic E-state index is -0.325. The van der Waals surface area contributed by atoms with E-state index in [1.807, 2.05) is 18.2 Å². The Balaban J connectivity index is 2.25. The Bertz CT molecular complexity index is 783. The molecular formula is C22H28O3. The fourth-order valence-electron chi connectivity index (χ4n) is 4.69. The SMILES string of the molecule is CC(=O)Oc1cc2c(cc1C(C)C)C(=O)C=C1C(C)(C)CCC[C@@]12C. The molecule has 0 heterocycles. The number of fused-ring (bicyclic) bond motifs is 3. The van der Waals surface area contributed by atoms with E-state index in [0.717, 1.165) is 36.0 Å². The highest BCUT2D eigenvalue weighted by Crippen LogP contribution is 2.55. The molecule has 0 unspecified atom stereocenters. The van der Waals surface area contributed by atoms with Gasteiger partial charge in [0, 0.05) is 17.9 Å². The summed E-state index contributed by atoms with van der Waals surface area (Å²) in [6.45, 7) is 12.2. The molecule has 0 saturated heterocycles. The van der Waals surface area contributed by atoms with Crippen LogP contribution in [-0.4, -0.2) is 11.8 Å². The average Bonchev–Trinajstić information content (AvgIpc) is 2.48. The number of rotatable bonds is 2. The van der Waals surface area contributed by atoms with Crippen LogP contribution in [0.4, 0.5) is 0 Å². The second-order valence-corrected chi connectivity index (χ2v) is 8.68. The van der Waals surface area contributed by atoms with Crippen LogP contribution in [0.2, 0.25) is 0 Å². The van der Waals surface area contributed by atoms with Gasteiger partial charge in [0.25, 0.3) is 0 Å². The third-order valence-electron chi connectivity index (χ3n) is 5.96. The van der Waals surface area contributed by atoms with Crippen molar-refractivity contribution in [2.24, 2.45) is 5.41 Å². The zero-order valence-electron chi connectivity index (χ0n) is 16.2. The standard InChI is InChI=1S/C22H28O3/c1-13(2)15-10-16-17(11-19(15)25-14(3)23)22(6)9-7-8-21(4,5)20(22)12-18(16)24/h10-13H,7-9H2,1-6H3/t22-/m1/s1. The molecule has 1 aromatic rings. The largest absolute Gasteiger partial charge is 0.426 e. The summed E-state index contributed by atoms with van der Waals surface area (Å²) in [4.78, 5) is 24.5. The van der Waals surface area contributed by atoms with Crippen molar-refractivity contribution >= 4 is 11.8 Å². The Labute approximate surface area is 150 Å². The zero-order valence-corrected chi connectivity index (χ0v) is 16.2. The molecule has 0 aromatic heterocycles. The number of carbonyl (C=O) groups excluding carboxylic acids is 2. The molecule has 0 N–H and O–H groups in total. The zero-order chi connectivity index (χ0) is 18.6. The number of ketones is 1. The lowest BCUT2D eigenvalue weighted by molar-refractivity contribution is -0.131. The summed E-state index contributed by atoms with van der Waals surface area (Å²) in [5.41, 5.74) is 3.76. The van der Waals surface area contributed by atoms with Gasteiger partial charge in [0.1, 0.15) is 5.75 Å². The van der Waals surface area contributed by atoms with Gasteiger partial charge in [-0.3, -0.25) is 9.59 Å². The van der Waals surface area contributed by atoms with E-state index in [-0.39, 0.29) is 28.5 Å². The summed E-state index contributed by atoms with van der Waals surface area (Å²) >= 11 is 0. The summed E-state index contributed by atoms with van der Waals surface area (Å²) in [5, 5.41) is 0. The number of benzene rings is 1. The Morgan fingerprint density at radius 1 is 1.16 bits per heavy atom. The number of hydrogen-bond donors (Lipinski definition) is 0. The van der Waals surface area contributed by atoms with Crippen molar-refractivity contribution in [3.8, 4) is 5.75 Å². The van der Waals surface area contributed by atoms with Gasteiger partial charge in [0.05, 0.1) is 0 Å². The molecule has 1 saturated carbocycles. The Morgan fingerprint density at radius 3 is 2.44 bits per heavy atom. The minimum Gasteiger partial charge on any atom is -0.426 e. The van der Waals surface area contributed by atoms with E-state index in [9.17, 15) is 9.59 Å². The molecule has 25 heavy (non-hydrogen) atoms. The van der Waals surface area contributed by atoms with Gasteiger partial charge in [-0.25, -0.2) is 0 Å². The second kappa shape index (κ2) is 5.82. The summed E-state index contributed by atoms with van der Waals surface area (Å²) < 4.78 is 5.52. The van der Waals surface area contributed by atoms with Gasteiger partial charge < -0.3 is 4.74 Å². The Hall–Kier alpha value is -1.90. The number of carbonyl (C=O) groups is 2. The minimum absolute atomic E-state index is 0.0126. The highest BCUT2D eigenvalue weighted by Gasteiger charge is 2.47. The van der Waals surface area contributed by atoms with E-state index in [0.29, 0.717) is 5.75 Å². The maximum absolute atomic E-state index is 12.9. The van der Waals surface area contributed by atoms with Crippen molar-refractivity contribution in [2.75, 3.05) is 0 Å². The predicted octanol–water partition coefficient (Wildman–Crippen LogP) is 5.33. The summed E-state index contributed by atoms with van der Waals surface area (Å²) in [5.74, 6) is 0.524. The van der Waals surface area contributed by atoms with Crippen molar-refractivity contribution in [3.63, 3.8) is 0 Å². The molecule has 0 radical (unpaired) electrons. The molecule has 3 nitrogen and oxygen atoms in total. The molecule has 3 rings (SSSR count). The fraction of sp³-hybridized carbons (Fsp3) is 0.545. The molecule has 2 aliphatic carbocycles. The molecule has 1 atom stereocenters. The molecule has 1 aromatic carbocycles. The normalized spacial score (nSPS) is 24.4. The van der Waals surface area contributed by atoms with Gasteiger partial charge in [-0.05, 0) is 53.5 Å². The smallest absolute Gasteiger partial charge is 0.308 e. The first kappa shape index (κ1) is 17.9. The van der Waals surface area contributed by atoms with Crippen LogP contribution in [0.3, 0.4) is 0 Å². The molecule has 0 aliphatic heterocycles. The summed E-state index contributed by atoms with van der Waals surface area (Å²) in [6, 6.07) is 3.90. The van der Waals surface area contributed by atoms with Crippen molar-refractivity contribution in [1.82, 2.24) is 0 Å². The summed E-state index contributed by atoms with van der Waals surface area (Å²) in [6.07, 6.45) is 5.11. The quantitative estimate of drug-likeness (QED) is 0.540. The average molecular weight is 340 g/mol. The number of allylic oxidation sites excluding steroid dienone is 2. The fourth-order valence-corrected chi connectivity index (χ4v) is 4.69. The van der Waals surface area contributed by atoms with Crippen LogP contribution < -0.4 is 4.74 Å². The first-order valence-corrected chi connectivity index (χ1v) is 9.20. The Morgan fingerprint density at radius 2 is 1.84 bits per heavy atom. The number of hydrogen-bond acceptors (Lipinski definition) is 3. The van der Waals surface area contributed by atoms with Gasteiger partial charge in [0.2, 0.25) is 0 Å². The van der Waals surface area contributed by atoms with Gasteiger partial charge in [0.15, 0.2) is 5.78 Å². The lowest BCUT2D eigenvalue weighted by Gasteiger charge is -2.48. The molecule has 3 heteroatoms. The van der Waals surface area contributed by atoms with Crippen molar-refractivity contribution < 1.29 is 14.3 Å². The summed E-state index contributed by atoms with van der Waals surface area (Å²) in [7, 11) is 0. The molecular weight excluding hydrogens is 312 g/mol. The van der Waals surface area contributed by atoms with E-state index >= 15 is 0 Å². The van der Waals surface area contributed by atoms with Crippen molar-refractivity contribution in [3.05, 3.63) is 40.5 Å². The van der Waals surface area contributed by atoms with E-state index in [1.54, 1.807) is 0 Å². The monoisotopic (exact) mass is 340 g/mol. The van der Waals surface area contributed by atoms with E-state index in [2.05, 4.69) is 34.6 Å². The Kier molecular flexibility index (Phi) is 4.17. The van der Waals surface area contributed by atoms with Crippen LogP contribution in [-0.2, 0) is 10.2 Å². The van der Waals surface area contributed by atoms with E-state index in [4.69, 9.17) is 4.74 Å². The van der Waals surface area contributed by atoms with Crippen molar-refractivity contribution in [1.29, 1.82) is 0 Å². The second-order valence-electron chi connectivity index (χ2n) is 8.68. The first-order valence-electron chi connectivity index (χ1n) is 9.20. The van der Waals surface area contributed by atoms with Crippen LogP contribution >= 0.6 is 0 Å². The molecule has 1 fully saturated rings. The molecule has 0 spiro atoms. The molecule has 2 aliphatic rings. The van der Waals surface area contributed by atoms with Gasteiger partial charge in [-0.15, -0.1) is 0 Å².